The molecule has 1 amide bonds. The van der Waals surface area contributed by atoms with Crippen LogP contribution >= 0.6 is 0 Å². The average molecular weight is 524 g/mol. The van der Waals surface area contributed by atoms with Gasteiger partial charge in [-0.05, 0) is 24.3 Å². The van der Waals surface area contributed by atoms with Gasteiger partial charge in [0.25, 0.3) is 11.5 Å². The first kappa shape index (κ1) is 25.6. The van der Waals surface area contributed by atoms with Crippen LogP contribution in [-0.4, -0.2) is 25.5 Å². The minimum absolute atomic E-state index is 0.0967. The number of aromatic nitrogens is 3. The highest BCUT2D eigenvalue weighted by molar-refractivity contribution is 5.80. The summed E-state index contributed by atoms with van der Waals surface area (Å²) in [5, 5.41) is 9.50. The fourth-order valence-electron chi connectivity index (χ4n) is 3.45. The maximum absolute atomic E-state index is 14.1. The number of nitrogens with zero attached hydrogens (tertiary/aromatic N) is 3. The lowest BCUT2D eigenvalue weighted by molar-refractivity contribution is -0.139. The zero-order valence-corrected chi connectivity index (χ0v) is 18.3. The molecular weight excluding hydrogens is 510 g/mol. The van der Waals surface area contributed by atoms with E-state index >= 15 is 0 Å². The second-order valence-corrected chi connectivity index (χ2v) is 7.73. The Kier molecular flexibility index (Phi) is 6.61. The predicted octanol–water partition coefficient (Wildman–Crippen LogP) is 3.59. The van der Waals surface area contributed by atoms with Gasteiger partial charge in [0.05, 0.1) is 23.8 Å². The number of rotatable bonds is 6. The van der Waals surface area contributed by atoms with Gasteiger partial charge in [0, 0.05) is 29.5 Å². The Bertz CT molecular complexity index is 1570. The molecule has 0 spiro atoms. The molecule has 14 heteroatoms. The first-order valence-corrected chi connectivity index (χ1v) is 10.2. The number of alkyl halides is 3. The molecule has 1 unspecified atom stereocenters. The van der Waals surface area contributed by atoms with Gasteiger partial charge < -0.3 is 20.1 Å². The number of hydrogen-bond donors (Lipinski definition) is 2. The smallest absolute Gasteiger partial charge is 0.421 e. The van der Waals surface area contributed by atoms with E-state index in [0.717, 1.165) is 18.6 Å². The van der Waals surface area contributed by atoms with E-state index in [9.17, 15) is 41.0 Å². The van der Waals surface area contributed by atoms with Gasteiger partial charge in [-0.2, -0.15) is 18.2 Å². The fourth-order valence-corrected chi connectivity index (χ4v) is 3.45. The lowest BCUT2D eigenvalue weighted by Crippen LogP contribution is -2.22. The molecule has 0 aliphatic carbocycles. The summed E-state index contributed by atoms with van der Waals surface area (Å²) in [4.78, 5) is 30.6. The molecular formula is C23H14F6N4O4. The molecule has 3 N–H and O–H groups in total. The van der Waals surface area contributed by atoms with Crippen LogP contribution in [0, 0.1) is 17.5 Å². The molecule has 0 saturated heterocycles. The van der Waals surface area contributed by atoms with Gasteiger partial charge in [-0.3, -0.25) is 9.59 Å². The lowest BCUT2D eigenvalue weighted by Gasteiger charge is -2.16. The van der Waals surface area contributed by atoms with Crippen LogP contribution in [0.3, 0.4) is 0 Å². The Morgan fingerprint density at radius 2 is 1.76 bits per heavy atom. The van der Waals surface area contributed by atoms with Gasteiger partial charge in [0.1, 0.15) is 28.8 Å². The Morgan fingerprint density at radius 3 is 2.38 bits per heavy atom. The number of carbonyl (C=O) groups is 1. The van der Waals surface area contributed by atoms with Gasteiger partial charge in [0.15, 0.2) is 6.10 Å². The Balaban J connectivity index is 1.74. The van der Waals surface area contributed by atoms with Crippen molar-refractivity contribution >= 4 is 16.8 Å². The highest BCUT2D eigenvalue weighted by atomic mass is 19.4. The second kappa shape index (κ2) is 9.54. The summed E-state index contributed by atoms with van der Waals surface area (Å²) in [6.07, 6.45) is -5.28. The summed E-state index contributed by atoms with van der Waals surface area (Å²) in [7, 11) is 0. The molecule has 0 bridgehead atoms. The third-order valence-corrected chi connectivity index (χ3v) is 5.23. The highest BCUT2D eigenvalue weighted by Gasteiger charge is 2.37. The maximum atomic E-state index is 14.1. The minimum Gasteiger partial charge on any atom is -0.438 e. The van der Waals surface area contributed by atoms with E-state index < -0.39 is 70.3 Å². The summed E-state index contributed by atoms with van der Waals surface area (Å²) in [6.45, 7) is -0.481. The second-order valence-electron chi connectivity index (χ2n) is 7.73. The zero-order valence-electron chi connectivity index (χ0n) is 18.3. The lowest BCUT2D eigenvalue weighted by atomic mass is 10.1. The number of amides is 1. The predicted molar refractivity (Wildman–Crippen MR) is 115 cm³/mol. The summed E-state index contributed by atoms with van der Waals surface area (Å²) < 4.78 is 88.6. The van der Waals surface area contributed by atoms with Crippen molar-refractivity contribution < 1.29 is 41.0 Å². The van der Waals surface area contributed by atoms with Crippen LogP contribution in [0.2, 0.25) is 0 Å². The molecule has 0 aliphatic heterocycles. The molecule has 8 nitrogen and oxygen atoms in total. The van der Waals surface area contributed by atoms with Gasteiger partial charge >= 0.3 is 6.18 Å². The van der Waals surface area contributed by atoms with Crippen LogP contribution in [0.15, 0.2) is 53.7 Å². The topological polar surface area (TPSA) is 120 Å². The van der Waals surface area contributed by atoms with Crippen molar-refractivity contribution in [3.63, 3.8) is 0 Å². The Hall–Kier alpha value is -4.46. The van der Waals surface area contributed by atoms with E-state index in [4.69, 9.17) is 10.5 Å². The van der Waals surface area contributed by atoms with Crippen LogP contribution in [0.5, 0.6) is 11.6 Å². The maximum Gasteiger partial charge on any atom is 0.421 e. The normalized spacial score (nSPS) is 12.5. The summed E-state index contributed by atoms with van der Waals surface area (Å²) in [5.74, 6) is -5.97. The average Bonchev–Trinajstić information content (AvgIpc) is 2.82. The number of halogens is 6. The van der Waals surface area contributed by atoms with E-state index in [1.54, 1.807) is 0 Å². The van der Waals surface area contributed by atoms with Gasteiger partial charge in [0.2, 0.25) is 5.88 Å². The number of ether oxygens (including phenoxy) is 1. The number of primary amides is 1. The first-order valence-electron chi connectivity index (χ1n) is 10.2. The van der Waals surface area contributed by atoms with Crippen molar-refractivity contribution in [3.8, 4) is 11.6 Å². The van der Waals surface area contributed by atoms with Gasteiger partial charge in [-0.15, -0.1) is 0 Å². The van der Waals surface area contributed by atoms with Crippen LogP contribution in [0.25, 0.3) is 10.9 Å². The fraction of sp³-hybridized carbons (Fsp3) is 0.130. The van der Waals surface area contributed by atoms with Crippen LogP contribution in [-0.2, 0) is 17.5 Å². The van der Waals surface area contributed by atoms with Crippen molar-refractivity contribution in [2.24, 2.45) is 5.73 Å². The minimum atomic E-state index is -5.01. The number of pyridine rings is 1. The Morgan fingerprint density at radius 1 is 1.08 bits per heavy atom. The number of benzene rings is 2. The number of carbonyl (C=O) groups excluding carboxylic acids is 1. The molecule has 2 heterocycles. The summed E-state index contributed by atoms with van der Waals surface area (Å²) >= 11 is 0. The molecule has 2 aromatic carbocycles. The third kappa shape index (κ3) is 5.23. The van der Waals surface area contributed by atoms with E-state index in [1.165, 1.54) is 16.7 Å². The molecule has 4 aromatic rings. The molecule has 1 atom stereocenters. The number of aliphatic hydroxyl groups is 1. The van der Waals surface area contributed by atoms with Crippen molar-refractivity contribution in [1.82, 2.24) is 14.5 Å². The molecule has 2 aromatic heterocycles. The number of nitrogens with two attached hydrogens (primary N) is 1. The highest BCUT2D eigenvalue weighted by Crippen LogP contribution is 2.38. The molecule has 0 saturated carbocycles. The molecule has 0 aliphatic rings. The summed E-state index contributed by atoms with van der Waals surface area (Å²) in [6, 6.07) is 4.88. The van der Waals surface area contributed by atoms with Crippen LogP contribution in [0.1, 0.15) is 22.8 Å². The molecule has 192 valence electrons. The van der Waals surface area contributed by atoms with E-state index in [2.05, 4.69) is 9.97 Å². The van der Waals surface area contributed by atoms with Crippen molar-refractivity contribution in [2.75, 3.05) is 0 Å². The van der Waals surface area contributed by atoms with Crippen molar-refractivity contribution in [2.45, 2.75) is 18.8 Å². The standard InChI is InChI=1S/C23H14F6N4O4/c24-11-4-16(25)14(17(26)5-11)8-33-9-32-21(36)13-6-12(1-2-18(13)33)37-22-15(23(27,28)29)3-10(7-31-22)19(34)20(30)35/h1-7,9,19,34H,8H2,(H2,30,35). The molecule has 0 fully saturated rings. The molecule has 0 radical (unpaired) electrons. The number of aliphatic hydroxyl groups excluding tert-OH is 1. The SMILES string of the molecule is NC(=O)C(O)c1cnc(Oc2ccc3c(c2)c(=O)ncn3Cc2c(F)cc(F)cc2F)c(C(F)(F)F)c1. The zero-order chi connectivity index (χ0) is 27.1. The van der Waals surface area contributed by atoms with Crippen LogP contribution < -0.4 is 16.0 Å². The Labute approximate surface area is 202 Å². The molecule has 37 heavy (non-hydrogen) atoms. The number of hydrogen-bond acceptors (Lipinski definition) is 6. The monoisotopic (exact) mass is 524 g/mol. The third-order valence-electron chi connectivity index (χ3n) is 5.23. The van der Waals surface area contributed by atoms with Crippen LogP contribution in [0.4, 0.5) is 26.3 Å². The van der Waals surface area contributed by atoms with Crippen molar-refractivity contribution in [3.05, 3.63) is 93.4 Å². The number of fused-ring (bicyclic) bond motifs is 1. The van der Waals surface area contributed by atoms with E-state index in [0.29, 0.717) is 18.2 Å². The van der Waals surface area contributed by atoms with Gasteiger partial charge in [-0.25, -0.2) is 18.2 Å². The van der Waals surface area contributed by atoms with E-state index in [1.807, 2.05) is 0 Å². The quantitative estimate of drug-likeness (QED) is 0.372. The van der Waals surface area contributed by atoms with Crippen molar-refractivity contribution in [1.29, 1.82) is 0 Å². The van der Waals surface area contributed by atoms with Gasteiger partial charge in [-0.1, -0.05) is 0 Å². The molecule has 4 rings (SSSR count). The largest absolute Gasteiger partial charge is 0.438 e. The van der Waals surface area contributed by atoms with E-state index in [-0.39, 0.29) is 16.7 Å². The first-order chi connectivity index (χ1) is 17.3. The summed E-state index contributed by atoms with van der Waals surface area (Å²) in [5.41, 5.74) is 1.73.